The van der Waals surface area contributed by atoms with Crippen molar-refractivity contribution in [2.24, 2.45) is 5.92 Å². The summed E-state index contributed by atoms with van der Waals surface area (Å²) in [5.74, 6) is 1.57. The van der Waals surface area contributed by atoms with E-state index in [0.29, 0.717) is 5.92 Å². The van der Waals surface area contributed by atoms with E-state index < -0.39 is 0 Å². The number of ether oxygens (including phenoxy) is 1. The van der Waals surface area contributed by atoms with Gasteiger partial charge in [0.25, 0.3) is 0 Å². The second kappa shape index (κ2) is 6.65. The minimum absolute atomic E-state index is 0.0629. The summed E-state index contributed by atoms with van der Waals surface area (Å²) in [6.07, 6.45) is 3.09. The Morgan fingerprint density at radius 2 is 2.13 bits per heavy atom. The van der Waals surface area contributed by atoms with Crippen molar-refractivity contribution in [1.82, 2.24) is 10.2 Å². The summed E-state index contributed by atoms with van der Waals surface area (Å²) in [5.41, 5.74) is 1.20. The van der Waals surface area contributed by atoms with Gasteiger partial charge < -0.3 is 10.1 Å². The number of nitrogens with one attached hydrogen (secondary N) is 1. The van der Waals surface area contributed by atoms with Crippen LogP contribution < -0.4 is 5.32 Å². The van der Waals surface area contributed by atoms with E-state index in [4.69, 9.17) is 4.74 Å². The molecule has 1 amide bonds. The van der Waals surface area contributed by atoms with Crippen LogP contribution in [0.3, 0.4) is 0 Å². The number of benzene rings is 1. The monoisotopic (exact) mass is 396 g/mol. The number of carbonyl (C=O) groups is 1. The molecular formula is C17H21BrN2O2S. The fraction of sp³-hybridized carbons (Fsp3) is 0.588. The zero-order valence-corrected chi connectivity index (χ0v) is 15.4. The van der Waals surface area contributed by atoms with Crippen LogP contribution >= 0.6 is 27.7 Å². The van der Waals surface area contributed by atoms with Gasteiger partial charge in [0.1, 0.15) is 6.10 Å². The van der Waals surface area contributed by atoms with E-state index in [9.17, 15) is 4.79 Å². The molecule has 1 unspecified atom stereocenters. The molecule has 0 aromatic heterocycles. The van der Waals surface area contributed by atoms with Gasteiger partial charge in [-0.25, -0.2) is 4.79 Å². The van der Waals surface area contributed by atoms with Crippen LogP contribution in [-0.2, 0) is 4.74 Å². The maximum Gasteiger partial charge on any atom is 0.407 e. The van der Waals surface area contributed by atoms with Crippen molar-refractivity contribution in [3.05, 3.63) is 28.2 Å². The fourth-order valence-corrected chi connectivity index (χ4v) is 5.54. The van der Waals surface area contributed by atoms with Gasteiger partial charge in [0.05, 0.1) is 6.04 Å². The Hall–Kier alpha value is -0.720. The molecule has 2 bridgehead atoms. The number of fused-ring (bicyclic) bond motifs is 4. The van der Waals surface area contributed by atoms with Crippen LogP contribution in [0.2, 0.25) is 0 Å². The molecule has 0 saturated carbocycles. The lowest BCUT2D eigenvalue weighted by atomic mass is 9.86. The Bertz CT molecular complexity index is 604. The van der Waals surface area contributed by atoms with Crippen molar-refractivity contribution in [2.75, 3.05) is 25.4 Å². The van der Waals surface area contributed by atoms with Gasteiger partial charge in [-0.05, 0) is 56.0 Å². The summed E-state index contributed by atoms with van der Waals surface area (Å²) in [4.78, 5) is 16.0. The molecule has 3 fully saturated rings. The van der Waals surface area contributed by atoms with Crippen LogP contribution in [-0.4, -0.2) is 42.5 Å². The molecule has 4 aliphatic heterocycles. The molecule has 124 valence electrons. The number of carbonyl (C=O) groups excluding carboxylic acids is 1. The van der Waals surface area contributed by atoms with Crippen molar-refractivity contribution in [3.8, 4) is 0 Å². The summed E-state index contributed by atoms with van der Waals surface area (Å²) in [5, 5.41) is 3.09. The van der Waals surface area contributed by atoms with Crippen LogP contribution in [0, 0.1) is 5.92 Å². The molecule has 4 heterocycles. The Labute approximate surface area is 149 Å². The topological polar surface area (TPSA) is 41.6 Å². The predicted octanol–water partition coefficient (Wildman–Crippen LogP) is 3.81. The molecule has 6 heteroatoms. The third-order valence-corrected chi connectivity index (χ3v) is 6.76. The van der Waals surface area contributed by atoms with Crippen molar-refractivity contribution in [3.63, 3.8) is 0 Å². The molecule has 2 atom stereocenters. The lowest BCUT2D eigenvalue weighted by Gasteiger charge is -2.44. The normalized spacial score (nSPS) is 32.2. The number of amides is 1. The highest BCUT2D eigenvalue weighted by Gasteiger charge is 2.37. The Kier molecular flexibility index (Phi) is 4.56. The summed E-state index contributed by atoms with van der Waals surface area (Å²) in [6.45, 7) is 3.23. The van der Waals surface area contributed by atoms with Gasteiger partial charge in [0.2, 0.25) is 0 Å². The summed E-state index contributed by atoms with van der Waals surface area (Å²) < 4.78 is 6.84. The summed E-state index contributed by atoms with van der Waals surface area (Å²) in [6, 6.07) is 6.34. The van der Waals surface area contributed by atoms with E-state index in [2.05, 4.69) is 38.3 Å². The highest BCUT2D eigenvalue weighted by Crippen LogP contribution is 2.38. The van der Waals surface area contributed by atoms with Gasteiger partial charge in [-0.1, -0.05) is 22.0 Å². The van der Waals surface area contributed by atoms with Crippen molar-refractivity contribution >= 4 is 33.8 Å². The fourth-order valence-electron chi connectivity index (χ4n) is 3.87. The maximum absolute atomic E-state index is 12.4. The number of rotatable bonds is 2. The lowest BCUT2D eigenvalue weighted by molar-refractivity contribution is -0.0339. The lowest BCUT2D eigenvalue weighted by Crippen LogP contribution is -2.52. The minimum Gasteiger partial charge on any atom is -0.445 e. The number of thioether (sulfide) groups is 1. The summed E-state index contributed by atoms with van der Waals surface area (Å²) >= 11 is 5.37. The molecule has 4 nitrogen and oxygen atoms in total. The number of alkyl carbamates (subject to hydrolysis) is 1. The number of nitrogens with zero attached hydrogens (tertiary/aromatic N) is 1. The van der Waals surface area contributed by atoms with Crippen LogP contribution in [0.1, 0.15) is 30.9 Å². The van der Waals surface area contributed by atoms with Crippen molar-refractivity contribution in [1.29, 1.82) is 0 Å². The third-order valence-electron chi connectivity index (χ3n) is 5.16. The maximum atomic E-state index is 12.4. The number of piperidine rings is 3. The van der Waals surface area contributed by atoms with Gasteiger partial charge in [-0.15, -0.1) is 11.8 Å². The first-order chi connectivity index (χ1) is 11.2. The largest absolute Gasteiger partial charge is 0.445 e. The molecule has 1 aromatic rings. The first kappa shape index (κ1) is 15.8. The van der Waals surface area contributed by atoms with Crippen LogP contribution in [0.25, 0.3) is 0 Å². The molecule has 0 aliphatic carbocycles. The first-order valence-electron chi connectivity index (χ1n) is 8.31. The SMILES string of the molecule is O=C(NC1CCSc2cc(Br)ccc21)O[C@@H]1CN2CCC1CC2. The van der Waals surface area contributed by atoms with E-state index in [1.807, 2.05) is 17.8 Å². The number of halogens is 1. The molecule has 3 saturated heterocycles. The molecule has 23 heavy (non-hydrogen) atoms. The van der Waals surface area contributed by atoms with E-state index in [-0.39, 0.29) is 18.2 Å². The average molecular weight is 397 g/mol. The van der Waals surface area contributed by atoms with Crippen LogP contribution in [0.4, 0.5) is 4.79 Å². The molecular weight excluding hydrogens is 376 g/mol. The van der Waals surface area contributed by atoms with Crippen LogP contribution in [0.5, 0.6) is 0 Å². The van der Waals surface area contributed by atoms with Gasteiger partial charge in [0, 0.05) is 21.7 Å². The standard InChI is InChI=1S/C17H21BrN2O2S/c18-12-1-2-13-14(5-8-23-16(13)9-12)19-17(21)22-15-10-20-6-3-11(15)4-7-20/h1-2,9,11,14-15H,3-8,10H2,(H,19,21)/t14?,15-/m1/s1. The number of hydrogen-bond acceptors (Lipinski definition) is 4. The molecule has 4 aliphatic rings. The second-order valence-electron chi connectivity index (χ2n) is 6.60. The van der Waals surface area contributed by atoms with Crippen molar-refractivity contribution in [2.45, 2.75) is 36.3 Å². The van der Waals surface area contributed by atoms with E-state index >= 15 is 0 Å². The second-order valence-corrected chi connectivity index (χ2v) is 8.65. The summed E-state index contributed by atoms with van der Waals surface area (Å²) in [7, 11) is 0. The van der Waals surface area contributed by atoms with Gasteiger partial charge in [-0.3, -0.25) is 4.90 Å². The van der Waals surface area contributed by atoms with Gasteiger partial charge in [0.15, 0.2) is 0 Å². The predicted molar refractivity (Wildman–Crippen MR) is 94.8 cm³/mol. The first-order valence-corrected chi connectivity index (χ1v) is 10.1. The Morgan fingerprint density at radius 1 is 1.30 bits per heavy atom. The zero-order valence-electron chi connectivity index (χ0n) is 13.0. The minimum atomic E-state index is -0.255. The zero-order chi connectivity index (χ0) is 15.8. The Balaban J connectivity index is 1.40. The quantitative estimate of drug-likeness (QED) is 0.824. The molecule has 1 N–H and O–H groups in total. The molecule has 5 rings (SSSR count). The van der Waals surface area contributed by atoms with Crippen LogP contribution in [0.15, 0.2) is 27.6 Å². The molecule has 1 aromatic carbocycles. The van der Waals surface area contributed by atoms with Gasteiger partial charge in [-0.2, -0.15) is 0 Å². The average Bonchev–Trinajstić information content (AvgIpc) is 2.56. The van der Waals surface area contributed by atoms with E-state index in [1.165, 1.54) is 10.5 Å². The smallest absolute Gasteiger partial charge is 0.407 e. The molecule has 0 spiro atoms. The van der Waals surface area contributed by atoms with Gasteiger partial charge >= 0.3 is 6.09 Å². The Morgan fingerprint density at radius 3 is 2.87 bits per heavy atom. The number of hydrogen-bond donors (Lipinski definition) is 1. The third kappa shape index (κ3) is 3.39. The van der Waals surface area contributed by atoms with E-state index in [1.54, 1.807) is 0 Å². The van der Waals surface area contributed by atoms with Crippen molar-refractivity contribution < 1.29 is 9.53 Å². The highest BCUT2D eigenvalue weighted by atomic mass is 79.9. The van der Waals surface area contributed by atoms with E-state index in [0.717, 1.165) is 49.1 Å². The highest BCUT2D eigenvalue weighted by molar-refractivity contribution is 9.10. The molecule has 0 radical (unpaired) electrons.